The van der Waals surface area contributed by atoms with Gasteiger partial charge >= 0.3 is 0 Å². The highest BCUT2D eigenvalue weighted by Gasteiger charge is 2.19. The van der Waals surface area contributed by atoms with Gasteiger partial charge in [0.25, 0.3) is 5.91 Å². The van der Waals surface area contributed by atoms with Crippen molar-refractivity contribution in [3.05, 3.63) is 64.6 Å². The number of rotatable bonds is 5. The summed E-state index contributed by atoms with van der Waals surface area (Å²) >= 11 is 4.78. The third kappa shape index (κ3) is 4.25. The number of benzene rings is 2. The lowest BCUT2D eigenvalue weighted by molar-refractivity contribution is -0.402. The maximum Gasteiger partial charge on any atom is 0.284 e. The molecule has 24 heavy (non-hydrogen) atoms. The second-order valence-corrected chi connectivity index (χ2v) is 7.19. The van der Waals surface area contributed by atoms with Crippen LogP contribution in [0.5, 0.6) is 0 Å². The minimum atomic E-state index is -0.384. The van der Waals surface area contributed by atoms with Gasteiger partial charge in [0, 0.05) is 16.5 Å². The lowest BCUT2D eigenvalue weighted by Crippen LogP contribution is -2.67. The number of quaternary nitrogens is 1. The summed E-state index contributed by atoms with van der Waals surface area (Å²) in [5.41, 5.74) is 5.98. The average molecular weight is 404 g/mol. The van der Waals surface area contributed by atoms with E-state index in [-0.39, 0.29) is 11.9 Å². The van der Waals surface area contributed by atoms with Gasteiger partial charge in [-0.2, -0.15) is 0 Å². The second kappa shape index (κ2) is 7.65. The lowest BCUT2D eigenvalue weighted by Gasteiger charge is -2.07. The smallest absolute Gasteiger partial charge is 0.284 e. The van der Waals surface area contributed by atoms with Crippen LogP contribution in [0.4, 0.5) is 5.13 Å². The Labute approximate surface area is 152 Å². The van der Waals surface area contributed by atoms with Crippen molar-refractivity contribution in [2.24, 2.45) is 0 Å². The monoisotopic (exact) mass is 403 g/mol. The normalized spacial score (nSPS) is 11.9. The van der Waals surface area contributed by atoms with Gasteiger partial charge in [-0.25, -0.2) is 0 Å². The molecule has 0 fully saturated rings. The maximum absolute atomic E-state index is 12.3. The number of halogens is 1. The highest BCUT2D eigenvalue weighted by atomic mass is 79.9. The van der Waals surface area contributed by atoms with E-state index in [1.54, 1.807) is 0 Å². The summed E-state index contributed by atoms with van der Waals surface area (Å²) in [5, 5.41) is 12.2. The summed E-state index contributed by atoms with van der Waals surface area (Å²) in [6.07, 6.45) is 0.587. The molecule has 0 bridgehead atoms. The highest BCUT2D eigenvalue weighted by Crippen LogP contribution is 2.28. The molecule has 0 radical (unpaired) electrons. The summed E-state index contributed by atoms with van der Waals surface area (Å²) in [5.74, 6) is -0.157. The van der Waals surface area contributed by atoms with E-state index >= 15 is 0 Å². The molecule has 1 aromatic heterocycles. The summed E-state index contributed by atoms with van der Waals surface area (Å²) in [4.78, 5) is 12.3. The lowest BCUT2D eigenvalue weighted by atomic mass is 10.1. The molecule has 2 aromatic carbocycles. The van der Waals surface area contributed by atoms with Crippen LogP contribution >= 0.6 is 27.3 Å². The van der Waals surface area contributed by atoms with Crippen molar-refractivity contribution in [2.45, 2.75) is 12.5 Å². The van der Waals surface area contributed by atoms with E-state index < -0.39 is 0 Å². The Hall–Kier alpha value is -2.09. The molecule has 1 heterocycles. The summed E-state index contributed by atoms with van der Waals surface area (Å²) < 4.78 is 0.974. The Kier molecular flexibility index (Phi) is 5.34. The van der Waals surface area contributed by atoms with Crippen LogP contribution in [0.1, 0.15) is 5.56 Å². The summed E-state index contributed by atoms with van der Waals surface area (Å²) in [7, 11) is 0. The third-order valence-corrected chi connectivity index (χ3v) is 4.80. The van der Waals surface area contributed by atoms with E-state index in [4.69, 9.17) is 0 Å². The molecule has 7 heteroatoms. The van der Waals surface area contributed by atoms with Crippen LogP contribution in [0, 0.1) is 0 Å². The van der Waals surface area contributed by atoms with Gasteiger partial charge in [-0.1, -0.05) is 69.7 Å². The fraction of sp³-hybridized carbons (Fsp3) is 0.118. The van der Waals surface area contributed by atoms with Crippen LogP contribution in [0.15, 0.2) is 59.1 Å². The molecule has 0 unspecified atom stereocenters. The maximum atomic E-state index is 12.3. The van der Waals surface area contributed by atoms with E-state index in [0.29, 0.717) is 11.6 Å². The Morgan fingerprint density at radius 1 is 1.17 bits per heavy atom. The Bertz CT molecular complexity index is 837. The van der Waals surface area contributed by atoms with Crippen molar-refractivity contribution in [1.82, 2.24) is 10.2 Å². The zero-order valence-electron chi connectivity index (χ0n) is 12.8. The van der Waals surface area contributed by atoms with Gasteiger partial charge in [0.15, 0.2) is 6.04 Å². The number of amides is 1. The fourth-order valence-corrected chi connectivity index (χ4v) is 3.35. The average Bonchev–Trinajstić information content (AvgIpc) is 3.04. The van der Waals surface area contributed by atoms with Crippen molar-refractivity contribution in [3.63, 3.8) is 0 Å². The number of hydrogen-bond acceptors (Lipinski definition) is 4. The van der Waals surface area contributed by atoms with Gasteiger partial charge in [0.1, 0.15) is 5.01 Å². The van der Waals surface area contributed by atoms with E-state index in [2.05, 4.69) is 37.2 Å². The predicted molar refractivity (Wildman–Crippen MR) is 98.5 cm³/mol. The van der Waals surface area contributed by atoms with Crippen molar-refractivity contribution < 1.29 is 10.5 Å². The molecule has 0 saturated heterocycles. The number of nitrogens with zero attached hydrogens (tertiary/aromatic N) is 2. The fourth-order valence-electron chi connectivity index (χ4n) is 2.21. The molecule has 5 nitrogen and oxygen atoms in total. The van der Waals surface area contributed by atoms with E-state index in [1.807, 2.05) is 54.6 Å². The minimum Gasteiger partial charge on any atom is -0.347 e. The SMILES string of the molecule is [NH3+][C@@H](Cc1ccccc1)C(=O)Nc1nnc(-c2cccc(Br)c2)s1. The first-order valence-corrected chi connectivity index (χ1v) is 9.00. The number of nitrogens with one attached hydrogen (secondary N) is 1. The molecule has 3 rings (SSSR count). The van der Waals surface area contributed by atoms with E-state index in [0.717, 1.165) is 20.6 Å². The molecule has 0 aliphatic heterocycles. The van der Waals surface area contributed by atoms with Gasteiger partial charge in [-0.15, -0.1) is 10.2 Å². The van der Waals surface area contributed by atoms with Gasteiger partial charge in [0.05, 0.1) is 0 Å². The first-order chi connectivity index (χ1) is 11.6. The topological polar surface area (TPSA) is 82.5 Å². The molecular formula is C17H16BrN4OS+. The summed E-state index contributed by atoms with van der Waals surface area (Å²) in [6, 6.07) is 17.3. The molecule has 0 aliphatic rings. The predicted octanol–water partition coefficient (Wildman–Crippen LogP) is 2.76. The van der Waals surface area contributed by atoms with E-state index in [1.165, 1.54) is 11.3 Å². The third-order valence-electron chi connectivity index (χ3n) is 3.42. The van der Waals surface area contributed by atoms with Crippen LogP contribution in [-0.2, 0) is 11.2 Å². The molecule has 4 N–H and O–H groups in total. The van der Waals surface area contributed by atoms with Crippen LogP contribution in [-0.4, -0.2) is 22.1 Å². The number of hydrogen-bond donors (Lipinski definition) is 2. The van der Waals surface area contributed by atoms with Crippen LogP contribution in [0.25, 0.3) is 10.6 Å². The molecule has 0 aliphatic carbocycles. The molecule has 0 saturated carbocycles. The van der Waals surface area contributed by atoms with Crippen molar-refractivity contribution in [3.8, 4) is 10.6 Å². The highest BCUT2D eigenvalue weighted by molar-refractivity contribution is 9.10. The zero-order valence-corrected chi connectivity index (χ0v) is 15.2. The Balaban J connectivity index is 1.65. The van der Waals surface area contributed by atoms with Crippen molar-refractivity contribution in [2.75, 3.05) is 5.32 Å². The molecule has 3 aromatic rings. The van der Waals surface area contributed by atoms with Crippen LogP contribution in [0.2, 0.25) is 0 Å². The molecule has 0 spiro atoms. The zero-order chi connectivity index (χ0) is 16.9. The standard InChI is InChI=1S/C17H15BrN4OS/c18-13-8-4-7-12(10-13)16-21-22-17(24-16)20-15(23)14(19)9-11-5-2-1-3-6-11/h1-8,10,14H,9,19H2,(H,20,22,23)/p+1/t14-/m0/s1. The van der Waals surface area contributed by atoms with Crippen molar-refractivity contribution in [1.29, 1.82) is 0 Å². The Morgan fingerprint density at radius 2 is 1.96 bits per heavy atom. The van der Waals surface area contributed by atoms with Crippen molar-refractivity contribution >= 4 is 38.3 Å². The molecule has 1 amide bonds. The number of anilines is 1. The quantitative estimate of drug-likeness (QED) is 0.686. The first-order valence-electron chi connectivity index (χ1n) is 7.39. The number of aromatic nitrogens is 2. The molecular weight excluding hydrogens is 388 g/mol. The van der Waals surface area contributed by atoms with E-state index in [9.17, 15) is 4.79 Å². The van der Waals surface area contributed by atoms with Gasteiger partial charge in [-0.05, 0) is 17.7 Å². The van der Waals surface area contributed by atoms with Crippen LogP contribution < -0.4 is 11.1 Å². The van der Waals surface area contributed by atoms with Gasteiger partial charge in [0.2, 0.25) is 5.13 Å². The molecule has 122 valence electrons. The van der Waals surface area contributed by atoms with Gasteiger partial charge < -0.3 is 5.73 Å². The molecule has 1 atom stereocenters. The minimum absolute atomic E-state index is 0.157. The summed E-state index contributed by atoms with van der Waals surface area (Å²) in [6.45, 7) is 0. The number of carbonyl (C=O) groups is 1. The van der Waals surface area contributed by atoms with Crippen LogP contribution in [0.3, 0.4) is 0 Å². The first kappa shape index (κ1) is 16.8. The second-order valence-electron chi connectivity index (χ2n) is 5.30. The largest absolute Gasteiger partial charge is 0.347 e. The Morgan fingerprint density at radius 3 is 2.71 bits per heavy atom. The number of carbonyl (C=O) groups excluding carboxylic acids is 1. The van der Waals surface area contributed by atoms with Gasteiger partial charge in [-0.3, -0.25) is 10.1 Å².